The van der Waals surface area contributed by atoms with Crippen LogP contribution in [0.5, 0.6) is 0 Å². The predicted octanol–water partition coefficient (Wildman–Crippen LogP) is 3.19. The van der Waals surface area contributed by atoms with Gasteiger partial charge in [0.2, 0.25) is 0 Å². The van der Waals surface area contributed by atoms with E-state index in [4.69, 9.17) is 4.43 Å². The van der Waals surface area contributed by atoms with Crippen molar-refractivity contribution in [1.29, 1.82) is 0 Å². The summed E-state index contributed by atoms with van der Waals surface area (Å²) in [6, 6.07) is 0. The molecule has 0 amide bonds. The van der Waals surface area contributed by atoms with Crippen LogP contribution < -0.4 is 0 Å². The van der Waals surface area contributed by atoms with Crippen LogP contribution in [-0.2, 0) is 14.0 Å². The minimum atomic E-state index is -1.87. The molecule has 0 aliphatic carbocycles. The summed E-state index contributed by atoms with van der Waals surface area (Å²) < 4.78 is 6.21. The van der Waals surface area contributed by atoms with E-state index in [-0.39, 0.29) is 17.1 Å². The number of hydrogen-bond acceptors (Lipinski definition) is 3. The third-order valence-corrected chi connectivity index (χ3v) is 8.19. The Morgan fingerprint density at radius 2 is 1.59 bits per heavy atom. The summed E-state index contributed by atoms with van der Waals surface area (Å²) in [4.78, 5) is 21.3. The van der Waals surface area contributed by atoms with Gasteiger partial charge in [0.25, 0.3) is 0 Å². The minimum absolute atomic E-state index is 0.104. The Labute approximate surface area is 106 Å². The highest BCUT2D eigenvalue weighted by Gasteiger charge is 2.39. The first-order valence-electron chi connectivity index (χ1n) is 6.20. The van der Waals surface area contributed by atoms with Gasteiger partial charge in [-0.25, -0.2) is 0 Å². The monoisotopic (exact) mass is 258 g/mol. The van der Waals surface area contributed by atoms with E-state index in [1.54, 1.807) is 0 Å². The molecular weight excluding hydrogens is 232 g/mol. The topological polar surface area (TPSA) is 43.4 Å². The van der Waals surface area contributed by atoms with Crippen LogP contribution in [0.3, 0.4) is 0 Å². The second-order valence-electron chi connectivity index (χ2n) is 6.20. The fourth-order valence-electron chi connectivity index (χ4n) is 1.35. The summed E-state index contributed by atoms with van der Waals surface area (Å²) in [5, 5.41) is 0.120. The Hall–Kier alpha value is -0.483. The van der Waals surface area contributed by atoms with E-state index >= 15 is 0 Å². The molecule has 0 rings (SSSR count). The van der Waals surface area contributed by atoms with Crippen molar-refractivity contribution >= 4 is 20.9 Å². The molecule has 0 aromatic rings. The zero-order valence-electron chi connectivity index (χ0n) is 11.9. The summed E-state index contributed by atoms with van der Waals surface area (Å²) >= 11 is 0. The van der Waals surface area contributed by atoms with Crippen LogP contribution in [0.4, 0.5) is 0 Å². The molecule has 0 bridgehead atoms. The van der Waals surface area contributed by atoms with Gasteiger partial charge in [-0.15, -0.1) is 0 Å². The van der Waals surface area contributed by atoms with Crippen LogP contribution in [0, 0.1) is 5.92 Å². The standard InChI is InChI=1S/C13H26O3Si/c1-11(7-9-14)12(8-10-15)16-17(5,6)13(2,3)4/h9-12H,7-8H2,1-6H3/t11?,12-/m1/s1. The van der Waals surface area contributed by atoms with Crippen LogP contribution in [0.1, 0.15) is 40.5 Å². The van der Waals surface area contributed by atoms with Crippen LogP contribution in [0.2, 0.25) is 18.1 Å². The van der Waals surface area contributed by atoms with E-state index in [0.717, 1.165) is 12.6 Å². The molecule has 0 N–H and O–H groups in total. The molecule has 0 saturated heterocycles. The number of carbonyl (C=O) groups excluding carboxylic acids is 2. The molecule has 3 nitrogen and oxygen atoms in total. The number of rotatable bonds is 7. The number of hydrogen-bond donors (Lipinski definition) is 0. The molecule has 0 radical (unpaired) electrons. The van der Waals surface area contributed by atoms with Gasteiger partial charge in [0, 0.05) is 12.8 Å². The minimum Gasteiger partial charge on any atom is -0.413 e. The van der Waals surface area contributed by atoms with Gasteiger partial charge in [-0.05, 0) is 24.1 Å². The fraction of sp³-hybridized carbons (Fsp3) is 0.846. The number of aldehydes is 2. The largest absolute Gasteiger partial charge is 0.413 e. The van der Waals surface area contributed by atoms with Gasteiger partial charge >= 0.3 is 0 Å². The second-order valence-corrected chi connectivity index (χ2v) is 11.0. The summed E-state index contributed by atoms with van der Waals surface area (Å²) in [7, 11) is -1.87. The lowest BCUT2D eigenvalue weighted by molar-refractivity contribution is -0.112. The van der Waals surface area contributed by atoms with Crippen LogP contribution >= 0.6 is 0 Å². The number of carbonyl (C=O) groups is 2. The first-order valence-corrected chi connectivity index (χ1v) is 9.11. The normalized spacial score (nSPS) is 16.4. The highest BCUT2D eigenvalue weighted by Crippen LogP contribution is 2.38. The SMILES string of the molecule is CC(CC=O)[C@@H](CC=O)O[Si](C)(C)C(C)(C)C. The maximum atomic E-state index is 10.7. The molecule has 0 fully saturated rings. The molecule has 0 aliphatic rings. The molecule has 0 heterocycles. The van der Waals surface area contributed by atoms with Gasteiger partial charge in [-0.1, -0.05) is 27.7 Å². The summed E-state index contributed by atoms with van der Waals surface area (Å²) in [5.41, 5.74) is 0. The molecule has 100 valence electrons. The zero-order chi connectivity index (χ0) is 13.7. The van der Waals surface area contributed by atoms with Gasteiger partial charge in [0.05, 0.1) is 6.10 Å². The third-order valence-electron chi connectivity index (χ3n) is 3.68. The molecule has 0 aromatic carbocycles. The molecule has 2 atom stereocenters. The average Bonchev–Trinajstić information content (AvgIpc) is 2.15. The molecular formula is C13H26O3Si. The first kappa shape index (κ1) is 16.5. The Balaban J connectivity index is 4.74. The highest BCUT2D eigenvalue weighted by molar-refractivity contribution is 6.74. The van der Waals surface area contributed by atoms with Crippen molar-refractivity contribution in [1.82, 2.24) is 0 Å². The molecule has 1 unspecified atom stereocenters. The second kappa shape index (κ2) is 6.45. The van der Waals surface area contributed by atoms with E-state index in [9.17, 15) is 9.59 Å². The van der Waals surface area contributed by atoms with Crippen molar-refractivity contribution in [3.05, 3.63) is 0 Å². The molecule has 4 heteroatoms. The van der Waals surface area contributed by atoms with Gasteiger partial charge in [0.1, 0.15) is 12.6 Å². The molecule has 0 aromatic heterocycles. The van der Waals surface area contributed by atoms with Crippen molar-refractivity contribution < 1.29 is 14.0 Å². The zero-order valence-corrected chi connectivity index (χ0v) is 12.9. The predicted molar refractivity (Wildman–Crippen MR) is 72.6 cm³/mol. The Morgan fingerprint density at radius 1 is 1.12 bits per heavy atom. The van der Waals surface area contributed by atoms with Gasteiger partial charge < -0.3 is 14.0 Å². The quantitative estimate of drug-likeness (QED) is 0.520. The van der Waals surface area contributed by atoms with Crippen LogP contribution in [0.25, 0.3) is 0 Å². The van der Waals surface area contributed by atoms with Crippen LogP contribution in [-0.4, -0.2) is 27.0 Å². The Morgan fingerprint density at radius 3 is 1.94 bits per heavy atom. The molecule has 0 spiro atoms. The smallest absolute Gasteiger partial charge is 0.192 e. The van der Waals surface area contributed by atoms with E-state index in [1.807, 2.05) is 6.92 Å². The average molecular weight is 258 g/mol. The lowest BCUT2D eigenvalue weighted by Gasteiger charge is -2.40. The lowest BCUT2D eigenvalue weighted by atomic mass is 10.00. The van der Waals surface area contributed by atoms with Crippen LogP contribution in [0.15, 0.2) is 0 Å². The summed E-state index contributed by atoms with van der Waals surface area (Å²) in [5.74, 6) is 0.104. The van der Waals surface area contributed by atoms with Crippen molar-refractivity contribution in [3.63, 3.8) is 0 Å². The summed E-state index contributed by atoms with van der Waals surface area (Å²) in [6.45, 7) is 12.8. The van der Waals surface area contributed by atoms with E-state index in [1.165, 1.54) is 0 Å². The van der Waals surface area contributed by atoms with Crippen molar-refractivity contribution in [2.45, 2.75) is 64.8 Å². The maximum Gasteiger partial charge on any atom is 0.192 e. The molecule has 0 saturated carbocycles. The van der Waals surface area contributed by atoms with Crippen molar-refractivity contribution in [3.8, 4) is 0 Å². The van der Waals surface area contributed by atoms with E-state index < -0.39 is 8.32 Å². The first-order chi connectivity index (χ1) is 7.65. The third kappa shape index (κ3) is 5.13. The highest BCUT2D eigenvalue weighted by atomic mass is 28.4. The van der Waals surface area contributed by atoms with Crippen molar-refractivity contribution in [2.75, 3.05) is 0 Å². The van der Waals surface area contributed by atoms with E-state index in [2.05, 4.69) is 33.9 Å². The Kier molecular flexibility index (Phi) is 6.27. The van der Waals surface area contributed by atoms with Gasteiger partial charge in [0.15, 0.2) is 8.32 Å². The maximum absolute atomic E-state index is 10.7. The molecule has 0 aliphatic heterocycles. The fourth-order valence-corrected chi connectivity index (χ4v) is 2.79. The molecule has 17 heavy (non-hydrogen) atoms. The van der Waals surface area contributed by atoms with Gasteiger partial charge in [-0.2, -0.15) is 0 Å². The Bertz CT molecular complexity index is 256. The lowest BCUT2D eigenvalue weighted by Crippen LogP contribution is -2.45. The van der Waals surface area contributed by atoms with Gasteiger partial charge in [-0.3, -0.25) is 0 Å². The van der Waals surface area contributed by atoms with Crippen molar-refractivity contribution in [2.24, 2.45) is 5.92 Å². The summed E-state index contributed by atoms with van der Waals surface area (Å²) in [6.07, 6.45) is 2.49. The van der Waals surface area contributed by atoms with E-state index in [0.29, 0.717) is 12.8 Å².